The Morgan fingerprint density at radius 2 is 2.00 bits per heavy atom. The minimum Gasteiger partial charge on any atom is -0.480 e. The number of ether oxygens (including phenoxy) is 1. The van der Waals surface area contributed by atoms with E-state index in [1.807, 2.05) is 13.8 Å². The Bertz CT molecular complexity index is 243. The molecule has 2 atom stereocenters. The Labute approximate surface area is 103 Å². The predicted molar refractivity (Wildman–Crippen MR) is 64.7 cm³/mol. The Kier molecular flexibility index (Phi) is 8.40. The van der Waals surface area contributed by atoms with Gasteiger partial charge in [-0.2, -0.15) is 0 Å². The van der Waals surface area contributed by atoms with E-state index in [2.05, 4.69) is 5.32 Å². The lowest BCUT2D eigenvalue weighted by atomic mass is 9.99. The molecule has 0 aromatic rings. The Hall–Kier alpha value is -1.10. The van der Waals surface area contributed by atoms with Gasteiger partial charge in [0.1, 0.15) is 6.04 Å². The molecular formula is C12H23NO4. The van der Waals surface area contributed by atoms with Gasteiger partial charge in [0.2, 0.25) is 5.91 Å². The summed E-state index contributed by atoms with van der Waals surface area (Å²) in [6, 6.07) is -0.782. The van der Waals surface area contributed by atoms with Crippen LogP contribution in [0.3, 0.4) is 0 Å². The maximum Gasteiger partial charge on any atom is 0.326 e. The van der Waals surface area contributed by atoms with Crippen LogP contribution in [0.5, 0.6) is 0 Å². The number of carbonyl (C=O) groups excluding carboxylic acids is 1. The molecule has 0 heterocycles. The zero-order chi connectivity index (χ0) is 13.3. The van der Waals surface area contributed by atoms with Gasteiger partial charge in [0.05, 0.1) is 0 Å². The maximum atomic E-state index is 11.5. The highest BCUT2D eigenvalue weighted by atomic mass is 16.5. The average molecular weight is 245 g/mol. The number of carboxylic acid groups (broad SMARTS) is 1. The van der Waals surface area contributed by atoms with Crippen molar-refractivity contribution in [3.05, 3.63) is 0 Å². The highest BCUT2D eigenvalue weighted by Gasteiger charge is 2.24. The third-order valence-corrected chi connectivity index (χ3v) is 2.80. The molecule has 1 amide bonds. The smallest absolute Gasteiger partial charge is 0.326 e. The zero-order valence-electron chi connectivity index (χ0n) is 10.9. The molecule has 100 valence electrons. The number of carbonyl (C=O) groups is 2. The lowest BCUT2D eigenvalue weighted by molar-refractivity contribution is -0.143. The van der Waals surface area contributed by atoms with E-state index in [1.165, 1.54) is 0 Å². The maximum absolute atomic E-state index is 11.5. The molecule has 0 radical (unpaired) electrons. The molecule has 0 rings (SSSR count). The van der Waals surface area contributed by atoms with Crippen molar-refractivity contribution < 1.29 is 19.4 Å². The van der Waals surface area contributed by atoms with Crippen LogP contribution >= 0.6 is 0 Å². The quantitative estimate of drug-likeness (QED) is 0.602. The molecule has 5 nitrogen and oxygen atoms in total. The second kappa shape index (κ2) is 8.98. The Morgan fingerprint density at radius 1 is 1.35 bits per heavy atom. The fourth-order valence-electron chi connectivity index (χ4n) is 1.46. The summed E-state index contributed by atoms with van der Waals surface area (Å²) in [5.41, 5.74) is 0. The van der Waals surface area contributed by atoms with Gasteiger partial charge in [0.15, 0.2) is 0 Å². The van der Waals surface area contributed by atoms with E-state index >= 15 is 0 Å². The van der Waals surface area contributed by atoms with Crippen LogP contribution in [0.15, 0.2) is 0 Å². The third kappa shape index (κ3) is 6.94. The van der Waals surface area contributed by atoms with Gasteiger partial charge in [-0.1, -0.05) is 20.3 Å². The molecular weight excluding hydrogens is 222 g/mol. The summed E-state index contributed by atoms with van der Waals surface area (Å²) in [7, 11) is 1.61. The molecule has 0 spiro atoms. The van der Waals surface area contributed by atoms with Gasteiger partial charge in [-0.3, -0.25) is 4.79 Å². The van der Waals surface area contributed by atoms with Crippen molar-refractivity contribution in [2.75, 3.05) is 13.7 Å². The van der Waals surface area contributed by atoms with Crippen molar-refractivity contribution in [1.29, 1.82) is 0 Å². The highest BCUT2D eigenvalue weighted by molar-refractivity contribution is 5.83. The molecule has 0 aliphatic heterocycles. The summed E-state index contributed by atoms with van der Waals surface area (Å²) < 4.78 is 4.87. The van der Waals surface area contributed by atoms with Crippen LogP contribution in [0.2, 0.25) is 0 Å². The standard InChI is InChI=1S/C12H23NO4/c1-4-9(2)11(12(15)16)13-10(14)7-5-6-8-17-3/h9,11H,4-8H2,1-3H3,(H,13,14)(H,15,16)/t9-,11-/m0/s1. The molecule has 2 N–H and O–H groups in total. The van der Waals surface area contributed by atoms with Crippen LogP contribution in [0.25, 0.3) is 0 Å². The first-order chi connectivity index (χ1) is 8.02. The lowest BCUT2D eigenvalue weighted by Crippen LogP contribution is -2.44. The first kappa shape index (κ1) is 15.9. The number of aliphatic carboxylic acids is 1. The number of amides is 1. The predicted octanol–water partition coefficient (Wildman–Crippen LogP) is 1.42. The van der Waals surface area contributed by atoms with Crippen molar-refractivity contribution in [2.24, 2.45) is 5.92 Å². The number of hydrogen-bond donors (Lipinski definition) is 2. The minimum atomic E-state index is -0.968. The topological polar surface area (TPSA) is 75.6 Å². The van der Waals surface area contributed by atoms with Crippen LogP contribution in [0, 0.1) is 5.92 Å². The van der Waals surface area contributed by atoms with E-state index in [9.17, 15) is 9.59 Å². The van der Waals surface area contributed by atoms with Gasteiger partial charge in [-0.15, -0.1) is 0 Å². The van der Waals surface area contributed by atoms with Crippen LogP contribution in [-0.2, 0) is 14.3 Å². The van der Waals surface area contributed by atoms with Gasteiger partial charge >= 0.3 is 5.97 Å². The van der Waals surface area contributed by atoms with E-state index in [1.54, 1.807) is 7.11 Å². The van der Waals surface area contributed by atoms with Crippen molar-refractivity contribution >= 4 is 11.9 Å². The molecule has 5 heteroatoms. The largest absolute Gasteiger partial charge is 0.480 e. The summed E-state index contributed by atoms with van der Waals surface area (Å²) in [5.74, 6) is -1.23. The van der Waals surface area contributed by atoms with Gasteiger partial charge in [-0.25, -0.2) is 4.79 Å². The summed E-state index contributed by atoms with van der Waals surface area (Å²) in [6.07, 6.45) is 2.60. The Morgan fingerprint density at radius 3 is 2.47 bits per heavy atom. The van der Waals surface area contributed by atoms with Gasteiger partial charge in [0, 0.05) is 20.1 Å². The van der Waals surface area contributed by atoms with Crippen molar-refractivity contribution in [3.8, 4) is 0 Å². The van der Waals surface area contributed by atoms with Crippen molar-refractivity contribution in [3.63, 3.8) is 0 Å². The minimum absolute atomic E-state index is 0.0598. The van der Waals surface area contributed by atoms with Crippen molar-refractivity contribution in [1.82, 2.24) is 5.32 Å². The molecule has 0 aliphatic carbocycles. The van der Waals surface area contributed by atoms with E-state index in [4.69, 9.17) is 9.84 Å². The van der Waals surface area contributed by atoms with Crippen molar-refractivity contribution in [2.45, 2.75) is 45.6 Å². The van der Waals surface area contributed by atoms with E-state index in [-0.39, 0.29) is 11.8 Å². The summed E-state index contributed by atoms with van der Waals surface area (Å²) >= 11 is 0. The Balaban J connectivity index is 4.00. The number of unbranched alkanes of at least 4 members (excludes halogenated alkanes) is 1. The van der Waals surface area contributed by atoms with Crippen LogP contribution in [0.1, 0.15) is 39.5 Å². The summed E-state index contributed by atoms with van der Waals surface area (Å²) in [4.78, 5) is 22.5. The molecule has 0 fully saturated rings. The van der Waals surface area contributed by atoms with Crippen LogP contribution < -0.4 is 5.32 Å². The first-order valence-electron chi connectivity index (χ1n) is 6.04. The monoisotopic (exact) mass is 245 g/mol. The van der Waals surface area contributed by atoms with E-state index in [0.717, 1.165) is 12.8 Å². The average Bonchev–Trinajstić information content (AvgIpc) is 2.30. The molecule has 0 saturated heterocycles. The molecule has 17 heavy (non-hydrogen) atoms. The number of carboxylic acids is 1. The SMILES string of the molecule is CC[C@H](C)[C@H](NC(=O)CCCCOC)C(=O)O. The molecule has 0 unspecified atom stereocenters. The van der Waals surface area contributed by atoms with E-state index in [0.29, 0.717) is 19.4 Å². The van der Waals surface area contributed by atoms with Crippen LogP contribution in [0.4, 0.5) is 0 Å². The van der Waals surface area contributed by atoms with Gasteiger partial charge < -0.3 is 15.2 Å². The fraction of sp³-hybridized carbons (Fsp3) is 0.833. The zero-order valence-corrected chi connectivity index (χ0v) is 10.9. The molecule has 0 aromatic carbocycles. The second-order valence-electron chi connectivity index (χ2n) is 4.22. The number of rotatable bonds is 9. The lowest BCUT2D eigenvalue weighted by Gasteiger charge is -2.20. The summed E-state index contributed by atoms with van der Waals surface area (Å²) in [5, 5.41) is 11.6. The molecule has 0 aromatic heterocycles. The van der Waals surface area contributed by atoms with Crippen LogP contribution in [-0.4, -0.2) is 36.7 Å². The number of methoxy groups -OCH3 is 1. The number of nitrogens with one attached hydrogen (secondary N) is 1. The normalized spacial score (nSPS) is 14.1. The molecule has 0 saturated carbocycles. The summed E-state index contributed by atoms with van der Waals surface area (Å²) in [6.45, 7) is 4.36. The first-order valence-corrected chi connectivity index (χ1v) is 6.04. The fourth-order valence-corrected chi connectivity index (χ4v) is 1.46. The van der Waals surface area contributed by atoms with Gasteiger partial charge in [0.25, 0.3) is 0 Å². The van der Waals surface area contributed by atoms with Gasteiger partial charge in [-0.05, 0) is 18.8 Å². The molecule has 0 aliphatic rings. The third-order valence-electron chi connectivity index (χ3n) is 2.80. The van der Waals surface area contributed by atoms with E-state index < -0.39 is 12.0 Å². The molecule has 0 bridgehead atoms. The number of hydrogen-bond acceptors (Lipinski definition) is 3. The highest BCUT2D eigenvalue weighted by Crippen LogP contribution is 2.08. The second-order valence-corrected chi connectivity index (χ2v) is 4.22.